The Hall–Kier alpha value is -2.82. The molecule has 0 bridgehead atoms. The van der Waals surface area contributed by atoms with E-state index < -0.39 is 18.5 Å². The molecule has 4 rings (SSSR count). The third kappa shape index (κ3) is 4.46. The highest BCUT2D eigenvalue weighted by Crippen LogP contribution is 2.28. The smallest absolute Gasteiger partial charge is 0.324 e. The van der Waals surface area contributed by atoms with Crippen LogP contribution in [0.2, 0.25) is 0 Å². The van der Waals surface area contributed by atoms with Gasteiger partial charge in [-0.05, 0) is 37.6 Å². The van der Waals surface area contributed by atoms with Gasteiger partial charge in [0.15, 0.2) is 16.8 Å². The standard InChI is InChI=1S/C21H24FN5O3S/c1-12-3-4-16-18(7-12)31-20(24-16)25-21(30)27-6-5-26(10-13(27)2)19-15(22)8-14(9-23-19)17(29)11-28/h3-4,7-9,13,17,28-29H,5-6,10-11H2,1-2H3,(H,24,25,30)/t13?,17-/m1/s1. The predicted molar refractivity (Wildman–Crippen MR) is 118 cm³/mol. The normalized spacial score (nSPS) is 17.8. The third-order valence-electron chi connectivity index (χ3n) is 5.35. The number of nitrogens with one attached hydrogen (secondary N) is 1. The van der Waals surface area contributed by atoms with Crippen molar-refractivity contribution in [2.45, 2.75) is 26.0 Å². The number of hydrogen-bond acceptors (Lipinski definition) is 7. The van der Waals surface area contributed by atoms with Gasteiger partial charge < -0.3 is 20.0 Å². The number of nitrogens with zero attached hydrogens (tertiary/aromatic N) is 4. The van der Waals surface area contributed by atoms with Crippen molar-refractivity contribution in [3.05, 3.63) is 47.4 Å². The molecule has 2 atom stereocenters. The third-order valence-corrected chi connectivity index (χ3v) is 6.28. The average molecular weight is 446 g/mol. The monoisotopic (exact) mass is 445 g/mol. The zero-order valence-corrected chi connectivity index (χ0v) is 18.1. The van der Waals surface area contributed by atoms with Gasteiger partial charge >= 0.3 is 6.03 Å². The minimum Gasteiger partial charge on any atom is -0.393 e. The molecule has 3 aromatic rings. The van der Waals surface area contributed by atoms with Crippen molar-refractivity contribution in [2.75, 3.05) is 36.5 Å². The molecule has 1 unspecified atom stereocenters. The van der Waals surface area contributed by atoms with E-state index >= 15 is 0 Å². The Morgan fingerprint density at radius 2 is 2.19 bits per heavy atom. The molecule has 1 aliphatic rings. The maximum absolute atomic E-state index is 14.5. The van der Waals surface area contributed by atoms with E-state index in [-0.39, 0.29) is 23.5 Å². The molecule has 1 aromatic carbocycles. The number of pyridine rings is 1. The first-order valence-electron chi connectivity index (χ1n) is 10.00. The van der Waals surface area contributed by atoms with Crippen LogP contribution in [0.1, 0.15) is 24.2 Å². The quantitative estimate of drug-likeness (QED) is 0.571. The number of amides is 2. The van der Waals surface area contributed by atoms with Crippen LogP contribution < -0.4 is 10.2 Å². The molecular formula is C21H24FN5O3S. The van der Waals surface area contributed by atoms with Crippen molar-refractivity contribution in [3.8, 4) is 0 Å². The van der Waals surface area contributed by atoms with E-state index in [4.69, 9.17) is 5.11 Å². The van der Waals surface area contributed by atoms with Crippen molar-refractivity contribution in [2.24, 2.45) is 0 Å². The Morgan fingerprint density at radius 3 is 2.90 bits per heavy atom. The van der Waals surface area contributed by atoms with Crippen molar-refractivity contribution in [1.29, 1.82) is 0 Å². The minimum absolute atomic E-state index is 0.169. The van der Waals surface area contributed by atoms with E-state index in [0.717, 1.165) is 15.8 Å². The van der Waals surface area contributed by atoms with Gasteiger partial charge in [0, 0.05) is 37.4 Å². The first-order valence-corrected chi connectivity index (χ1v) is 10.8. The van der Waals surface area contributed by atoms with Gasteiger partial charge in [-0.25, -0.2) is 19.2 Å². The van der Waals surface area contributed by atoms with Gasteiger partial charge in [0.2, 0.25) is 0 Å². The van der Waals surface area contributed by atoms with Crippen LogP contribution in [0.15, 0.2) is 30.5 Å². The fourth-order valence-electron chi connectivity index (χ4n) is 3.67. The Kier molecular flexibility index (Phi) is 6.03. The second-order valence-electron chi connectivity index (χ2n) is 7.68. The number of aryl methyl sites for hydroxylation is 1. The number of benzene rings is 1. The van der Waals surface area contributed by atoms with E-state index in [1.807, 2.05) is 32.0 Å². The summed E-state index contributed by atoms with van der Waals surface area (Å²) in [5, 5.41) is 22.1. The average Bonchev–Trinajstić information content (AvgIpc) is 3.14. The zero-order valence-electron chi connectivity index (χ0n) is 17.2. The lowest BCUT2D eigenvalue weighted by atomic mass is 10.1. The Labute approximate surface area is 183 Å². The molecular weight excluding hydrogens is 421 g/mol. The highest BCUT2D eigenvalue weighted by molar-refractivity contribution is 7.22. The number of thiazole rings is 1. The van der Waals surface area contributed by atoms with Crippen molar-refractivity contribution >= 4 is 38.5 Å². The molecule has 2 amide bonds. The van der Waals surface area contributed by atoms with E-state index in [9.17, 15) is 14.3 Å². The van der Waals surface area contributed by atoms with Gasteiger partial charge in [-0.2, -0.15) is 0 Å². The predicted octanol–water partition coefficient (Wildman–Crippen LogP) is 2.91. The number of urea groups is 1. The molecule has 1 saturated heterocycles. The molecule has 3 heterocycles. The maximum atomic E-state index is 14.5. The van der Waals surface area contributed by atoms with Crippen LogP contribution in [-0.4, -0.2) is 63.4 Å². The van der Waals surface area contributed by atoms with Gasteiger partial charge in [0.05, 0.1) is 16.8 Å². The van der Waals surface area contributed by atoms with Crippen molar-refractivity contribution < 1.29 is 19.4 Å². The second-order valence-corrected chi connectivity index (χ2v) is 8.71. The van der Waals surface area contributed by atoms with Crippen LogP contribution >= 0.6 is 11.3 Å². The highest BCUT2D eigenvalue weighted by atomic mass is 32.1. The van der Waals surface area contributed by atoms with Crippen LogP contribution in [-0.2, 0) is 0 Å². The molecule has 0 spiro atoms. The number of aliphatic hydroxyl groups excluding tert-OH is 2. The van der Waals surface area contributed by atoms with Gasteiger partial charge in [-0.15, -0.1) is 0 Å². The van der Waals surface area contributed by atoms with Crippen LogP contribution in [0.3, 0.4) is 0 Å². The van der Waals surface area contributed by atoms with Crippen LogP contribution in [0.5, 0.6) is 0 Å². The molecule has 8 nitrogen and oxygen atoms in total. The number of hydrogen-bond donors (Lipinski definition) is 3. The van der Waals surface area contributed by atoms with Crippen molar-refractivity contribution in [1.82, 2.24) is 14.9 Å². The number of fused-ring (bicyclic) bond motifs is 1. The number of halogens is 1. The summed E-state index contributed by atoms with van der Waals surface area (Å²) >= 11 is 1.43. The SMILES string of the molecule is Cc1ccc2nc(NC(=O)N3CCN(c4ncc([C@H](O)CO)cc4F)CC3C)sc2c1. The van der Waals surface area contributed by atoms with Crippen LogP contribution in [0.4, 0.5) is 20.1 Å². The zero-order chi connectivity index (χ0) is 22.1. The molecule has 31 heavy (non-hydrogen) atoms. The largest absolute Gasteiger partial charge is 0.393 e. The fourth-order valence-corrected chi connectivity index (χ4v) is 4.62. The number of piperazine rings is 1. The van der Waals surface area contributed by atoms with E-state index in [2.05, 4.69) is 15.3 Å². The summed E-state index contributed by atoms with van der Waals surface area (Å²) in [5.41, 5.74) is 2.21. The summed E-state index contributed by atoms with van der Waals surface area (Å²) in [6.45, 7) is 4.65. The van der Waals surface area contributed by atoms with Gasteiger partial charge in [-0.1, -0.05) is 17.4 Å². The molecule has 0 aliphatic carbocycles. The van der Waals surface area contributed by atoms with Gasteiger partial charge in [0.1, 0.15) is 6.10 Å². The van der Waals surface area contributed by atoms with Crippen LogP contribution in [0.25, 0.3) is 10.2 Å². The number of anilines is 2. The lowest BCUT2D eigenvalue weighted by Crippen LogP contribution is -2.55. The van der Waals surface area contributed by atoms with Crippen LogP contribution in [0, 0.1) is 12.7 Å². The first-order chi connectivity index (χ1) is 14.9. The molecule has 2 aromatic heterocycles. The van der Waals surface area contributed by atoms with Gasteiger partial charge in [0.25, 0.3) is 0 Å². The lowest BCUT2D eigenvalue weighted by Gasteiger charge is -2.40. The number of aromatic nitrogens is 2. The maximum Gasteiger partial charge on any atom is 0.324 e. The highest BCUT2D eigenvalue weighted by Gasteiger charge is 2.30. The summed E-state index contributed by atoms with van der Waals surface area (Å²) in [6, 6.07) is 6.73. The molecule has 0 radical (unpaired) electrons. The molecule has 3 N–H and O–H groups in total. The van der Waals surface area contributed by atoms with E-state index in [1.54, 1.807) is 9.80 Å². The summed E-state index contributed by atoms with van der Waals surface area (Å²) < 4.78 is 15.6. The Morgan fingerprint density at radius 1 is 1.39 bits per heavy atom. The Balaban J connectivity index is 1.42. The summed E-state index contributed by atoms with van der Waals surface area (Å²) in [7, 11) is 0. The topological polar surface area (TPSA) is 102 Å². The molecule has 1 fully saturated rings. The summed E-state index contributed by atoms with van der Waals surface area (Å²) in [6.07, 6.45) is 0.194. The van der Waals surface area contributed by atoms with E-state index in [1.165, 1.54) is 23.6 Å². The first kappa shape index (κ1) is 21.4. The molecule has 0 saturated carbocycles. The molecule has 164 valence electrons. The second kappa shape index (κ2) is 8.74. The minimum atomic E-state index is -1.16. The van der Waals surface area contributed by atoms with Crippen molar-refractivity contribution in [3.63, 3.8) is 0 Å². The Bertz CT molecular complexity index is 1110. The molecule has 1 aliphatic heterocycles. The van der Waals surface area contributed by atoms with E-state index in [0.29, 0.717) is 24.8 Å². The number of rotatable bonds is 4. The number of carbonyl (C=O) groups is 1. The summed E-state index contributed by atoms with van der Waals surface area (Å²) in [4.78, 5) is 24.9. The van der Waals surface area contributed by atoms with Gasteiger partial charge in [-0.3, -0.25) is 5.32 Å². The molecule has 10 heteroatoms. The number of aliphatic hydroxyl groups is 2. The number of carbonyl (C=O) groups excluding carboxylic acids is 1. The lowest BCUT2D eigenvalue weighted by molar-refractivity contribution is 0.0951. The summed E-state index contributed by atoms with van der Waals surface area (Å²) in [5.74, 6) is -0.401. The fraction of sp³-hybridized carbons (Fsp3) is 0.381.